The molecular formula is C25H20N4. The first kappa shape index (κ1) is 17.3. The minimum Gasteiger partial charge on any atom is -0.299 e. The first-order valence-corrected chi connectivity index (χ1v) is 9.70. The average Bonchev–Trinajstić information content (AvgIpc) is 3.23. The fourth-order valence-corrected chi connectivity index (χ4v) is 3.88. The Morgan fingerprint density at radius 1 is 0.724 bits per heavy atom. The Morgan fingerprint density at radius 2 is 1.41 bits per heavy atom. The third-order valence-electron chi connectivity index (χ3n) is 5.30. The maximum atomic E-state index is 4.57. The highest BCUT2D eigenvalue weighted by Gasteiger charge is 2.18. The number of rotatable bonds is 5. The molecule has 4 nitrogen and oxygen atoms in total. The van der Waals surface area contributed by atoms with E-state index < -0.39 is 0 Å². The monoisotopic (exact) mass is 376 g/mol. The Morgan fingerprint density at radius 3 is 2.14 bits per heavy atom. The van der Waals surface area contributed by atoms with Crippen LogP contribution in [0.1, 0.15) is 22.6 Å². The number of benzene rings is 2. The van der Waals surface area contributed by atoms with Crippen molar-refractivity contribution in [1.82, 2.24) is 19.5 Å². The Hall–Kier alpha value is -3.79. The predicted octanol–water partition coefficient (Wildman–Crippen LogP) is 5.19. The standard InChI is InChI=1S/C25H20N4/c1-3-11-24(29-18-28-23-10-2-4-12-25(23)29)19(7-1)15-22(20-8-5-13-26-16-20)21-9-6-14-27-17-21/h1-14,16-18,22H,15H2. The SMILES string of the molecule is c1cncc(C(Cc2ccccc2-n2cnc3ccccc32)c2cccnc2)c1. The number of fused-ring (bicyclic) bond motifs is 1. The minimum absolute atomic E-state index is 0.174. The van der Waals surface area contributed by atoms with E-state index in [1.165, 1.54) is 16.7 Å². The van der Waals surface area contributed by atoms with Crippen LogP contribution in [-0.2, 0) is 6.42 Å². The molecule has 0 unspecified atom stereocenters. The number of nitrogens with zero attached hydrogens (tertiary/aromatic N) is 4. The molecule has 3 heterocycles. The second-order valence-electron chi connectivity index (χ2n) is 7.06. The van der Waals surface area contributed by atoms with Crippen LogP contribution in [-0.4, -0.2) is 19.5 Å². The van der Waals surface area contributed by atoms with Crippen LogP contribution in [0.2, 0.25) is 0 Å². The molecule has 0 saturated carbocycles. The molecule has 5 aromatic rings. The van der Waals surface area contributed by atoms with Crippen LogP contribution in [0.5, 0.6) is 0 Å². The van der Waals surface area contributed by atoms with Crippen molar-refractivity contribution in [3.05, 3.63) is 121 Å². The molecule has 4 heteroatoms. The molecule has 0 aliphatic rings. The molecule has 0 aliphatic heterocycles. The van der Waals surface area contributed by atoms with Gasteiger partial charge in [0, 0.05) is 30.7 Å². The Kier molecular flexibility index (Phi) is 4.59. The van der Waals surface area contributed by atoms with E-state index in [0.29, 0.717) is 0 Å². The van der Waals surface area contributed by atoms with Gasteiger partial charge in [-0.1, -0.05) is 42.5 Å². The largest absolute Gasteiger partial charge is 0.299 e. The van der Waals surface area contributed by atoms with Gasteiger partial charge in [0.1, 0.15) is 6.33 Å². The second-order valence-corrected chi connectivity index (χ2v) is 7.06. The molecule has 5 rings (SSSR count). The number of imidazole rings is 1. The van der Waals surface area contributed by atoms with Gasteiger partial charge in [0.15, 0.2) is 0 Å². The van der Waals surface area contributed by atoms with Gasteiger partial charge in [0.25, 0.3) is 0 Å². The van der Waals surface area contributed by atoms with Gasteiger partial charge in [0.05, 0.1) is 16.7 Å². The molecule has 3 aromatic heterocycles. The maximum absolute atomic E-state index is 4.57. The molecule has 0 N–H and O–H groups in total. The summed E-state index contributed by atoms with van der Waals surface area (Å²) in [4.78, 5) is 13.3. The molecule has 0 fully saturated rings. The Balaban J connectivity index is 1.61. The predicted molar refractivity (Wildman–Crippen MR) is 115 cm³/mol. The summed E-state index contributed by atoms with van der Waals surface area (Å²) in [5, 5.41) is 0. The van der Waals surface area contributed by atoms with Gasteiger partial charge in [-0.15, -0.1) is 0 Å². The third kappa shape index (κ3) is 3.41. The molecule has 0 radical (unpaired) electrons. The first-order valence-electron chi connectivity index (χ1n) is 9.70. The molecule has 140 valence electrons. The summed E-state index contributed by atoms with van der Waals surface area (Å²) in [6, 6.07) is 25.0. The van der Waals surface area contributed by atoms with Crippen LogP contribution >= 0.6 is 0 Å². The van der Waals surface area contributed by atoms with Gasteiger partial charge in [-0.3, -0.25) is 14.5 Å². The van der Waals surface area contributed by atoms with Crippen molar-refractivity contribution in [2.24, 2.45) is 0 Å². The molecule has 0 spiro atoms. The Bertz CT molecular complexity index is 1190. The lowest BCUT2D eigenvalue weighted by atomic mass is 9.87. The van der Waals surface area contributed by atoms with Gasteiger partial charge in [0.2, 0.25) is 0 Å². The van der Waals surface area contributed by atoms with E-state index in [2.05, 4.69) is 68.0 Å². The van der Waals surface area contributed by atoms with Gasteiger partial charge in [-0.25, -0.2) is 4.98 Å². The zero-order chi connectivity index (χ0) is 19.5. The van der Waals surface area contributed by atoms with E-state index in [9.17, 15) is 0 Å². The first-order chi connectivity index (χ1) is 14.4. The van der Waals surface area contributed by atoms with Crippen molar-refractivity contribution >= 4 is 11.0 Å². The van der Waals surface area contributed by atoms with Crippen LogP contribution in [0.15, 0.2) is 104 Å². The lowest BCUT2D eigenvalue weighted by Crippen LogP contribution is -2.08. The normalized spacial score (nSPS) is 11.2. The molecule has 0 bridgehead atoms. The number of hydrogen-bond donors (Lipinski definition) is 0. The summed E-state index contributed by atoms with van der Waals surface area (Å²) < 4.78 is 2.17. The van der Waals surface area contributed by atoms with E-state index >= 15 is 0 Å². The number of hydrogen-bond acceptors (Lipinski definition) is 3. The lowest BCUT2D eigenvalue weighted by molar-refractivity contribution is 0.788. The maximum Gasteiger partial charge on any atom is 0.100 e. The van der Waals surface area contributed by atoms with E-state index in [-0.39, 0.29) is 5.92 Å². The van der Waals surface area contributed by atoms with Crippen LogP contribution < -0.4 is 0 Å². The highest BCUT2D eigenvalue weighted by molar-refractivity contribution is 5.77. The van der Waals surface area contributed by atoms with Crippen LogP contribution in [0.3, 0.4) is 0 Å². The van der Waals surface area contributed by atoms with Crippen LogP contribution in [0, 0.1) is 0 Å². The van der Waals surface area contributed by atoms with Crippen molar-refractivity contribution < 1.29 is 0 Å². The van der Waals surface area contributed by atoms with Crippen molar-refractivity contribution in [2.75, 3.05) is 0 Å². The zero-order valence-electron chi connectivity index (χ0n) is 15.9. The molecule has 0 aliphatic carbocycles. The number of para-hydroxylation sites is 3. The minimum atomic E-state index is 0.174. The molecule has 0 atom stereocenters. The van der Waals surface area contributed by atoms with Gasteiger partial charge >= 0.3 is 0 Å². The number of aromatic nitrogens is 4. The summed E-state index contributed by atoms with van der Waals surface area (Å²) in [7, 11) is 0. The summed E-state index contributed by atoms with van der Waals surface area (Å²) in [6.45, 7) is 0. The van der Waals surface area contributed by atoms with E-state index in [1.807, 2.05) is 55.4 Å². The summed E-state index contributed by atoms with van der Waals surface area (Å²) in [5.41, 5.74) is 6.89. The molecule has 0 saturated heterocycles. The number of pyridine rings is 2. The van der Waals surface area contributed by atoms with Crippen molar-refractivity contribution in [3.8, 4) is 5.69 Å². The van der Waals surface area contributed by atoms with E-state index in [4.69, 9.17) is 0 Å². The second kappa shape index (κ2) is 7.68. The van der Waals surface area contributed by atoms with Crippen molar-refractivity contribution in [2.45, 2.75) is 12.3 Å². The highest BCUT2D eigenvalue weighted by atomic mass is 15.0. The van der Waals surface area contributed by atoms with Crippen LogP contribution in [0.25, 0.3) is 16.7 Å². The van der Waals surface area contributed by atoms with Gasteiger partial charge in [-0.2, -0.15) is 0 Å². The topological polar surface area (TPSA) is 43.6 Å². The fourth-order valence-electron chi connectivity index (χ4n) is 3.88. The Labute approximate surface area is 169 Å². The zero-order valence-corrected chi connectivity index (χ0v) is 15.9. The third-order valence-corrected chi connectivity index (χ3v) is 5.30. The summed E-state index contributed by atoms with van der Waals surface area (Å²) >= 11 is 0. The van der Waals surface area contributed by atoms with Gasteiger partial charge < -0.3 is 0 Å². The molecular weight excluding hydrogens is 356 g/mol. The highest BCUT2D eigenvalue weighted by Crippen LogP contribution is 2.30. The van der Waals surface area contributed by atoms with E-state index in [0.717, 1.165) is 23.1 Å². The van der Waals surface area contributed by atoms with Gasteiger partial charge in [-0.05, 0) is 53.4 Å². The lowest BCUT2D eigenvalue weighted by Gasteiger charge is -2.20. The van der Waals surface area contributed by atoms with E-state index in [1.54, 1.807) is 0 Å². The fraction of sp³-hybridized carbons (Fsp3) is 0.0800. The summed E-state index contributed by atoms with van der Waals surface area (Å²) in [5.74, 6) is 0.174. The summed E-state index contributed by atoms with van der Waals surface area (Å²) in [6.07, 6.45) is 10.3. The quantitative estimate of drug-likeness (QED) is 0.424. The molecule has 29 heavy (non-hydrogen) atoms. The molecule has 0 amide bonds. The molecule has 2 aromatic carbocycles. The van der Waals surface area contributed by atoms with Crippen LogP contribution in [0.4, 0.5) is 0 Å². The average molecular weight is 376 g/mol. The van der Waals surface area contributed by atoms with Crippen molar-refractivity contribution in [3.63, 3.8) is 0 Å². The van der Waals surface area contributed by atoms with Crippen molar-refractivity contribution in [1.29, 1.82) is 0 Å². The smallest absolute Gasteiger partial charge is 0.100 e.